The number of aromatic nitrogens is 4. The smallest absolute Gasteiger partial charge is 0.284 e. The second kappa shape index (κ2) is 5.22. The van der Waals surface area contributed by atoms with E-state index in [4.69, 9.17) is 0 Å². The summed E-state index contributed by atoms with van der Waals surface area (Å²) >= 11 is 1.28. The van der Waals surface area contributed by atoms with E-state index in [1.54, 1.807) is 0 Å². The van der Waals surface area contributed by atoms with Gasteiger partial charge in [-0.05, 0) is 12.8 Å². The first-order chi connectivity index (χ1) is 8.26. The number of fused-ring (bicyclic) bond motifs is 1. The molecule has 2 heterocycles. The highest BCUT2D eigenvalue weighted by Crippen LogP contribution is 2.14. The normalized spacial score (nSPS) is 10.9. The highest BCUT2D eigenvalue weighted by molar-refractivity contribution is 7.18. The van der Waals surface area contributed by atoms with Crippen molar-refractivity contribution in [3.8, 4) is 0 Å². The molecule has 6 nitrogen and oxygen atoms in total. The third kappa shape index (κ3) is 2.44. The first kappa shape index (κ1) is 12.0. The lowest BCUT2D eigenvalue weighted by Crippen LogP contribution is -2.32. The van der Waals surface area contributed by atoms with Crippen LogP contribution in [0.25, 0.3) is 4.96 Å². The average Bonchev–Trinajstić information content (AvgIpc) is 2.87. The zero-order valence-corrected chi connectivity index (χ0v) is 10.8. The van der Waals surface area contributed by atoms with Gasteiger partial charge in [0.05, 0.1) is 0 Å². The number of amides is 1. The minimum absolute atomic E-state index is 0.01000. The first-order valence-corrected chi connectivity index (χ1v) is 6.54. The largest absolute Gasteiger partial charge is 0.337 e. The molecule has 0 aliphatic rings. The van der Waals surface area contributed by atoms with Gasteiger partial charge in [0.2, 0.25) is 9.97 Å². The Bertz CT molecular complexity index is 471. The van der Waals surface area contributed by atoms with Crippen LogP contribution in [0.15, 0.2) is 6.33 Å². The Balaban J connectivity index is 2.19. The SMILES string of the molecule is CCCN(CCC)C(=O)c1nn2cnnc2s1. The zero-order chi connectivity index (χ0) is 12.3. The molecule has 2 aromatic rings. The summed E-state index contributed by atoms with van der Waals surface area (Å²) in [6, 6.07) is 0. The second-order valence-electron chi connectivity index (χ2n) is 3.76. The van der Waals surface area contributed by atoms with Crippen LogP contribution in [-0.4, -0.2) is 43.7 Å². The summed E-state index contributed by atoms with van der Waals surface area (Å²) in [5.41, 5.74) is 0. The summed E-state index contributed by atoms with van der Waals surface area (Å²) in [6.07, 6.45) is 3.41. The Kier molecular flexibility index (Phi) is 3.68. The molecule has 0 saturated heterocycles. The van der Waals surface area contributed by atoms with E-state index in [0.29, 0.717) is 9.97 Å². The maximum atomic E-state index is 12.2. The lowest BCUT2D eigenvalue weighted by atomic mass is 10.3. The third-order valence-corrected chi connectivity index (χ3v) is 3.24. The molecule has 0 saturated carbocycles. The van der Waals surface area contributed by atoms with E-state index >= 15 is 0 Å². The summed E-state index contributed by atoms with van der Waals surface area (Å²) in [4.78, 5) is 14.7. The first-order valence-electron chi connectivity index (χ1n) is 5.72. The molecule has 0 spiro atoms. The summed E-state index contributed by atoms with van der Waals surface area (Å²) in [6.45, 7) is 5.67. The summed E-state index contributed by atoms with van der Waals surface area (Å²) in [7, 11) is 0. The molecule has 0 aliphatic carbocycles. The minimum atomic E-state index is -0.01000. The fourth-order valence-corrected chi connectivity index (χ4v) is 2.42. The van der Waals surface area contributed by atoms with Gasteiger partial charge in [-0.2, -0.15) is 4.52 Å². The number of hydrogen-bond donors (Lipinski definition) is 0. The van der Waals surface area contributed by atoms with Gasteiger partial charge in [-0.25, -0.2) is 0 Å². The molecule has 92 valence electrons. The van der Waals surface area contributed by atoms with E-state index in [0.717, 1.165) is 25.9 Å². The predicted molar refractivity (Wildman–Crippen MR) is 65.1 cm³/mol. The van der Waals surface area contributed by atoms with E-state index in [1.165, 1.54) is 22.2 Å². The molecule has 2 rings (SSSR count). The number of carbonyl (C=O) groups excluding carboxylic acids is 1. The third-order valence-electron chi connectivity index (χ3n) is 2.34. The molecular formula is C10H15N5OS. The van der Waals surface area contributed by atoms with Crippen molar-refractivity contribution in [2.45, 2.75) is 26.7 Å². The molecule has 0 aliphatic heterocycles. The molecule has 0 radical (unpaired) electrons. The summed E-state index contributed by atoms with van der Waals surface area (Å²) in [5.74, 6) is -0.01000. The van der Waals surface area contributed by atoms with Crippen molar-refractivity contribution in [2.75, 3.05) is 13.1 Å². The number of hydrogen-bond acceptors (Lipinski definition) is 5. The van der Waals surface area contributed by atoms with Gasteiger partial charge >= 0.3 is 0 Å². The predicted octanol–water partition coefficient (Wildman–Crippen LogP) is 1.45. The second-order valence-corrected chi connectivity index (χ2v) is 4.71. The topological polar surface area (TPSA) is 63.4 Å². The molecule has 0 fully saturated rings. The van der Waals surface area contributed by atoms with E-state index < -0.39 is 0 Å². The van der Waals surface area contributed by atoms with Gasteiger partial charge in [-0.1, -0.05) is 25.2 Å². The van der Waals surface area contributed by atoms with Crippen molar-refractivity contribution < 1.29 is 4.79 Å². The number of carbonyl (C=O) groups is 1. The Labute approximate surface area is 103 Å². The van der Waals surface area contributed by atoms with E-state index in [2.05, 4.69) is 29.1 Å². The van der Waals surface area contributed by atoms with Crippen molar-refractivity contribution in [3.05, 3.63) is 11.3 Å². The summed E-state index contributed by atoms with van der Waals surface area (Å²) in [5, 5.41) is 12.2. The monoisotopic (exact) mass is 253 g/mol. The highest BCUT2D eigenvalue weighted by Gasteiger charge is 2.19. The molecule has 0 N–H and O–H groups in total. The maximum Gasteiger partial charge on any atom is 0.284 e. The van der Waals surface area contributed by atoms with Crippen LogP contribution < -0.4 is 0 Å². The number of rotatable bonds is 5. The van der Waals surface area contributed by atoms with E-state index in [-0.39, 0.29) is 5.91 Å². The van der Waals surface area contributed by atoms with Gasteiger partial charge in [-0.3, -0.25) is 4.79 Å². The molecule has 0 atom stereocenters. The minimum Gasteiger partial charge on any atom is -0.337 e. The highest BCUT2D eigenvalue weighted by atomic mass is 32.1. The molecule has 1 amide bonds. The van der Waals surface area contributed by atoms with Crippen molar-refractivity contribution in [1.29, 1.82) is 0 Å². The molecule has 0 unspecified atom stereocenters. The van der Waals surface area contributed by atoms with Crippen molar-refractivity contribution >= 4 is 22.2 Å². The average molecular weight is 253 g/mol. The van der Waals surface area contributed by atoms with Crippen LogP contribution in [0.5, 0.6) is 0 Å². The van der Waals surface area contributed by atoms with Gasteiger partial charge in [0.1, 0.15) is 6.33 Å². The Hall–Kier alpha value is -1.50. The van der Waals surface area contributed by atoms with Gasteiger partial charge in [0, 0.05) is 13.1 Å². The Morgan fingerprint density at radius 3 is 2.71 bits per heavy atom. The quantitative estimate of drug-likeness (QED) is 0.809. The van der Waals surface area contributed by atoms with E-state index in [1.807, 2.05) is 4.90 Å². The lowest BCUT2D eigenvalue weighted by Gasteiger charge is -2.19. The van der Waals surface area contributed by atoms with Crippen molar-refractivity contribution in [1.82, 2.24) is 24.7 Å². The molecular weight excluding hydrogens is 238 g/mol. The molecule has 2 aromatic heterocycles. The summed E-state index contributed by atoms with van der Waals surface area (Å²) < 4.78 is 1.54. The van der Waals surface area contributed by atoms with Gasteiger partial charge in [-0.15, -0.1) is 15.3 Å². The maximum absolute atomic E-state index is 12.2. The van der Waals surface area contributed by atoms with Crippen molar-refractivity contribution in [3.63, 3.8) is 0 Å². The lowest BCUT2D eigenvalue weighted by molar-refractivity contribution is 0.0754. The van der Waals surface area contributed by atoms with Crippen molar-refractivity contribution in [2.24, 2.45) is 0 Å². The van der Waals surface area contributed by atoms with Crippen LogP contribution in [0.1, 0.15) is 36.5 Å². The van der Waals surface area contributed by atoms with Gasteiger partial charge in [0.25, 0.3) is 5.91 Å². The molecule has 7 heteroatoms. The fraction of sp³-hybridized carbons (Fsp3) is 0.600. The van der Waals surface area contributed by atoms with Crippen LogP contribution in [0, 0.1) is 0 Å². The van der Waals surface area contributed by atoms with Crippen LogP contribution in [-0.2, 0) is 0 Å². The molecule has 17 heavy (non-hydrogen) atoms. The van der Waals surface area contributed by atoms with Crippen LogP contribution in [0.2, 0.25) is 0 Å². The van der Waals surface area contributed by atoms with Crippen LogP contribution in [0.4, 0.5) is 0 Å². The van der Waals surface area contributed by atoms with Gasteiger partial charge < -0.3 is 4.90 Å². The zero-order valence-electron chi connectivity index (χ0n) is 9.96. The van der Waals surface area contributed by atoms with Gasteiger partial charge in [0.15, 0.2) is 0 Å². The number of nitrogens with zero attached hydrogens (tertiary/aromatic N) is 5. The molecule has 0 aromatic carbocycles. The Morgan fingerprint density at radius 1 is 1.41 bits per heavy atom. The Morgan fingerprint density at radius 2 is 2.12 bits per heavy atom. The van der Waals surface area contributed by atoms with Crippen LogP contribution in [0.3, 0.4) is 0 Å². The fourth-order valence-electron chi connectivity index (χ4n) is 1.64. The van der Waals surface area contributed by atoms with E-state index in [9.17, 15) is 4.79 Å². The van der Waals surface area contributed by atoms with Crippen LogP contribution >= 0.6 is 11.3 Å². The molecule has 0 bridgehead atoms. The standard InChI is InChI=1S/C10H15N5OS/c1-3-5-14(6-4-2)9(16)8-13-15-7-11-12-10(15)17-8/h7H,3-6H2,1-2H3.